The fraction of sp³-hybridized carbons (Fsp3) is 0.462. The van der Waals surface area contributed by atoms with Gasteiger partial charge in [-0.15, -0.1) is 0 Å². The van der Waals surface area contributed by atoms with Crippen molar-refractivity contribution >= 4 is 5.69 Å². The average Bonchev–Trinajstić information content (AvgIpc) is 2.18. The second-order valence-corrected chi connectivity index (χ2v) is 4.54. The Hall–Kier alpha value is -1.49. The third-order valence-corrected chi connectivity index (χ3v) is 2.40. The van der Waals surface area contributed by atoms with E-state index in [4.69, 9.17) is 5.26 Å². The molecule has 0 radical (unpaired) electrons. The molecule has 0 aliphatic heterocycles. The van der Waals surface area contributed by atoms with Crippen LogP contribution in [-0.2, 0) is 0 Å². The van der Waals surface area contributed by atoms with Crippen LogP contribution in [0.2, 0.25) is 0 Å². The van der Waals surface area contributed by atoms with E-state index in [-0.39, 0.29) is 5.41 Å². The highest BCUT2D eigenvalue weighted by atomic mass is 14.9. The van der Waals surface area contributed by atoms with Gasteiger partial charge in [0.25, 0.3) is 0 Å². The summed E-state index contributed by atoms with van der Waals surface area (Å²) in [6.07, 6.45) is 0.859. The summed E-state index contributed by atoms with van der Waals surface area (Å²) in [6.45, 7) is 6.84. The fourth-order valence-electron chi connectivity index (χ4n) is 1.33. The number of anilines is 1. The van der Waals surface area contributed by atoms with Crippen molar-refractivity contribution in [3.8, 4) is 6.07 Å². The summed E-state index contributed by atoms with van der Waals surface area (Å²) in [5.41, 5.74) is 2.14. The normalized spacial score (nSPS) is 10.8. The van der Waals surface area contributed by atoms with E-state index >= 15 is 0 Å². The molecule has 0 unspecified atom stereocenters. The van der Waals surface area contributed by atoms with E-state index in [0.29, 0.717) is 0 Å². The van der Waals surface area contributed by atoms with Crippen molar-refractivity contribution in [3.05, 3.63) is 29.8 Å². The molecular formula is C13H18N2. The Morgan fingerprint density at radius 1 is 1.40 bits per heavy atom. The molecule has 15 heavy (non-hydrogen) atoms. The molecular weight excluding hydrogens is 184 g/mol. The number of rotatable bonds is 4. The molecule has 1 rings (SSSR count). The van der Waals surface area contributed by atoms with Crippen LogP contribution in [0.1, 0.15) is 25.8 Å². The third-order valence-electron chi connectivity index (χ3n) is 2.40. The molecule has 0 heterocycles. The van der Waals surface area contributed by atoms with Gasteiger partial charge in [0.15, 0.2) is 0 Å². The zero-order chi connectivity index (χ0) is 11.3. The van der Waals surface area contributed by atoms with Crippen LogP contribution in [0.25, 0.3) is 0 Å². The number of aryl methyl sites for hydroxylation is 1. The lowest BCUT2D eigenvalue weighted by Gasteiger charge is -2.15. The predicted octanol–water partition coefficient (Wildman–Crippen LogP) is 3.35. The molecule has 1 aromatic rings. The predicted molar refractivity (Wildman–Crippen MR) is 63.7 cm³/mol. The van der Waals surface area contributed by atoms with E-state index in [2.05, 4.69) is 30.4 Å². The first-order valence-electron chi connectivity index (χ1n) is 5.25. The summed E-state index contributed by atoms with van der Waals surface area (Å²) in [5, 5.41) is 12.2. The van der Waals surface area contributed by atoms with Gasteiger partial charge in [-0.2, -0.15) is 5.26 Å². The van der Waals surface area contributed by atoms with Gasteiger partial charge in [-0.25, -0.2) is 0 Å². The second kappa shape index (κ2) is 4.84. The van der Waals surface area contributed by atoms with E-state index < -0.39 is 0 Å². The van der Waals surface area contributed by atoms with Crippen molar-refractivity contribution < 1.29 is 0 Å². The highest BCUT2D eigenvalue weighted by molar-refractivity contribution is 5.45. The van der Waals surface area contributed by atoms with Crippen molar-refractivity contribution in [1.29, 1.82) is 5.26 Å². The SMILES string of the molecule is Cc1cccc(NCCC(C)(C)C#N)c1. The highest BCUT2D eigenvalue weighted by Crippen LogP contribution is 2.18. The number of hydrogen-bond acceptors (Lipinski definition) is 2. The highest BCUT2D eigenvalue weighted by Gasteiger charge is 2.15. The molecule has 0 amide bonds. The van der Waals surface area contributed by atoms with Crippen LogP contribution in [0.5, 0.6) is 0 Å². The summed E-state index contributed by atoms with van der Waals surface area (Å²) in [7, 11) is 0. The number of benzene rings is 1. The summed E-state index contributed by atoms with van der Waals surface area (Å²) >= 11 is 0. The van der Waals surface area contributed by atoms with Gasteiger partial charge in [-0.3, -0.25) is 0 Å². The van der Waals surface area contributed by atoms with Crippen molar-refractivity contribution in [1.82, 2.24) is 0 Å². The molecule has 0 bridgehead atoms. The standard InChI is InChI=1S/C13H18N2/c1-11-5-4-6-12(9-11)15-8-7-13(2,3)10-14/h4-6,9,15H,7-8H2,1-3H3. The van der Waals surface area contributed by atoms with Gasteiger partial charge in [-0.1, -0.05) is 12.1 Å². The van der Waals surface area contributed by atoms with Crippen LogP contribution in [0.3, 0.4) is 0 Å². The quantitative estimate of drug-likeness (QED) is 0.812. The van der Waals surface area contributed by atoms with Crippen LogP contribution in [-0.4, -0.2) is 6.54 Å². The molecule has 80 valence electrons. The number of hydrogen-bond donors (Lipinski definition) is 1. The van der Waals surface area contributed by atoms with E-state index in [1.807, 2.05) is 26.0 Å². The van der Waals surface area contributed by atoms with Crippen molar-refractivity contribution in [2.45, 2.75) is 27.2 Å². The molecule has 1 aromatic carbocycles. The van der Waals surface area contributed by atoms with Crippen molar-refractivity contribution in [2.24, 2.45) is 5.41 Å². The number of nitriles is 1. The lowest BCUT2D eigenvalue weighted by molar-refractivity contribution is 0.466. The molecule has 0 fully saturated rings. The first kappa shape index (κ1) is 11.6. The Labute approximate surface area is 91.9 Å². The minimum atomic E-state index is -0.239. The Kier molecular flexibility index (Phi) is 3.74. The summed E-state index contributed by atoms with van der Waals surface area (Å²) in [5.74, 6) is 0. The van der Waals surface area contributed by atoms with Crippen LogP contribution >= 0.6 is 0 Å². The first-order chi connectivity index (χ1) is 7.03. The van der Waals surface area contributed by atoms with Crippen molar-refractivity contribution in [3.63, 3.8) is 0 Å². The van der Waals surface area contributed by atoms with Crippen LogP contribution in [0.15, 0.2) is 24.3 Å². The van der Waals surface area contributed by atoms with Crippen LogP contribution in [0, 0.1) is 23.7 Å². The van der Waals surface area contributed by atoms with Gasteiger partial charge >= 0.3 is 0 Å². The molecule has 2 nitrogen and oxygen atoms in total. The van der Waals surface area contributed by atoms with Gasteiger partial charge in [0, 0.05) is 12.2 Å². The Morgan fingerprint density at radius 3 is 2.73 bits per heavy atom. The zero-order valence-electron chi connectivity index (χ0n) is 9.67. The maximum Gasteiger partial charge on any atom is 0.0684 e. The molecule has 0 aromatic heterocycles. The monoisotopic (exact) mass is 202 g/mol. The summed E-state index contributed by atoms with van der Waals surface area (Å²) in [4.78, 5) is 0. The lowest BCUT2D eigenvalue weighted by atomic mass is 9.91. The van der Waals surface area contributed by atoms with Gasteiger partial charge in [-0.05, 0) is 44.9 Å². The number of nitrogens with zero attached hydrogens (tertiary/aromatic N) is 1. The zero-order valence-corrected chi connectivity index (χ0v) is 9.67. The molecule has 0 atom stereocenters. The molecule has 0 spiro atoms. The third kappa shape index (κ3) is 4.03. The molecule has 0 saturated carbocycles. The maximum atomic E-state index is 8.86. The second-order valence-electron chi connectivity index (χ2n) is 4.54. The molecule has 2 heteroatoms. The first-order valence-corrected chi connectivity index (χ1v) is 5.25. The molecule has 1 N–H and O–H groups in total. The molecule has 0 saturated heterocycles. The van der Waals surface area contributed by atoms with Crippen LogP contribution in [0.4, 0.5) is 5.69 Å². The molecule has 0 aliphatic carbocycles. The topological polar surface area (TPSA) is 35.8 Å². The maximum absolute atomic E-state index is 8.86. The van der Waals surface area contributed by atoms with E-state index in [9.17, 15) is 0 Å². The lowest BCUT2D eigenvalue weighted by Crippen LogP contribution is -2.14. The van der Waals surface area contributed by atoms with Gasteiger partial charge in [0.1, 0.15) is 0 Å². The van der Waals surface area contributed by atoms with Crippen molar-refractivity contribution in [2.75, 3.05) is 11.9 Å². The fourth-order valence-corrected chi connectivity index (χ4v) is 1.33. The Morgan fingerprint density at radius 2 is 2.13 bits per heavy atom. The summed E-state index contributed by atoms with van der Waals surface area (Å²) < 4.78 is 0. The van der Waals surface area contributed by atoms with Gasteiger partial charge < -0.3 is 5.32 Å². The average molecular weight is 202 g/mol. The van der Waals surface area contributed by atoms with Gasteiger partial charge in [0.2, 0.25) is 0 Å². The Bertz CT molecular complexity index is 361. The molecule has 0 aliphatic rings. The largest absolute Gasteiger partial charge is 0.385 e. The minimum Gasteiger partial charge on any atom is -0.385 e. The van der Waals surface area contributed by atoms with Gasteiger partial charge in [0.05, 0.1) is 11.5 Å². The summed E-state index contributed by atoms with van der Waals surface area (Å²) in [6, 6.07) is 10.6. The van der Waals surface area contributed by atoms with E-state index in [1.54, 1.807) is 0 Å². The Balaban J connectivity index is 2.42. The van der Waals surface area contributed by atoms with E-state index in [1.165, 1.54) is 5.56 Å². The smallest absolute Gasteiger partial charge is 0.0684 e. The number of nitrogens with one attached hydrogen (secondary N) is 1. The minimum absolute atomic E-state index is 0.239. The van der Waals surface area contributed by atoms with Crippen LogP contribution < -0.4 is 5.32 Å². The van der Waals surface area contributed by atoms with E-state index in [0.717, 1.165) is 18.7 Å².